The quantitative estimate of drug-likeness (QED) is 0.881. The molecule has 2 heterocycles. The van der Waals surface area contributed by atoms with Gasteiger partial charge < -0.3 is 11.1 Å². The average molecular weight is 259 g/mol. The molecule has 0 aromatic carbocycles. The number of nitrogens with zero attached hydrogens (tertiary/aromatic N) is 3. The summed E-state index contributed by atoms with van der Waals surface area (Å²) in [5.41, 5.74) is 6.79. The molecule has 0 bridgehead atoms. The molecule has 19 heavy (non-hydrogen) atoms. The van der Waals surface area contributed by atoms with Gasteiger partial charge in [-0.1, -0.05) is 25.3 Å². The highest BCUT2D eigenvalue weighted by Gasteiger charge is 2.23. The Balaban J connectivity index is 1.74. The molecule has 1 fully saturated rings. The molecule has 1 aliphatic rings. The van der Waals surface area contributed by atoms with Gasteiger partial charge in [0.2, 0.25) is 5.95 Å². The molecule has 0 radical (unpaired) electrons. The fraction of sp³-hybridized carbons (Fsp3) is 0.571. The molecule has 5 heteroatoms. The Morgan fingerprint density at radius 1 is 1.32 bits per heavy atom. The summed E-state index contributed by atoms with van der Waals surface area (Å²) in [5.74, 6) is 1.34. The van der Waals surface area contributed by atoms with E-state index < -0.39 is 0 Å². The molecule has 1 unspecified atom stereocenters. The van der Waals surface area contributed by atoms with Crippen LogP contribution in [0.3, 0.4) is 0 Å². The molecule has 1 saturated carbocycles. The van der Waals surface area contributed by atoms with E-state index in [4.69, 9.17) is 5.73 Å². The Morgan fingerprint density at radius 2 is 2.16 bits per heavy atom. The van der Waals surface area contributed by atoms with Gasteiger partial charge in [-0.15, -0.1) is 5.10 Å². The molecule has 0 amide bonds. The number of hydrogen-bond acceptors (Lipinski definition) is 4. The van der Waals surface area contributed by atoms with Crippen molar-refractivity contribution in [2.45, 2.75) is 38.1 Å². The monoisotopic (exact) mass is 259 g/mol. The normalized spacial score (nSPS) is 18.6. The van der Waals surface area contributed by atoms with Crippen LogP contribution in [0.4, 0.5) is 5.95 Å². The van der Waals surface area contributed by atoms with Gasteiger partial charge in [-0.25, -0.2) is 4.52 Å². The largest absolute Gasteiger partial charge is 0.349 e. The van der Waals surface area contributed by atoms with Crippen LogP contribution in [0.5, 0.6) is 0 Å². The third kappa shape index (κ3) is 2.71. The summed E-state index contributed by atoms with van der Waals surface area (Å²) >= 11 is 0. The lowest BCUT2D eigenvalue weighted by Crippen LogP contribution is -2.37. The van der Waals surface area contributed by atoms with Crippen molar-refractivity contribution >= 4 is 11.6 Å². The number of nitrogens with two attached hydrogens (primary N) is 1. The van der Waals surface area contributed by atoms with Crippen LogP contribution in [-0.4, -0.2) is 27.2 Å². The van der Waals surface area contributed by atoms with E-state index in [1.54, 1.807) is 4.52 Å². The van der Waals surface area contributed by atoms with Crippen LogP contribution in [0.2, 0.25) is 0 Å². The van der Waals surface area contributed by atoms with E-state index in [2.05, 4.69) is 15.4 Å². The maximum absolute atomic E-state index is 5.92. The van der Waals surface area contributed by atoms with E-state index in [0.717, 1.165) is 5.65 Å². The molecule has 1 atom stereocenters. The first-order valence-electron chi connectivity index (χ1n) is 7.15. The predicted octanol–water partition coefficient (Wildman–Crippen LogP) is 2.05. The van der Waals surface area contributed by atoms with Crippen molar-refractivity contribution in [2.24, 2.45) is 11.7 Å². The van der Waals surface area contributed by atoms with E-state index in [1.807, 2.05) is 24.4 Å². The van der Waals surface area contributed by atoms with Crippen LogP contribution in [-0.2, 0) is 0 Å². The molecule has 2 aromatic heterocycles. The zero-order valence-electron chi connectivity index (χ0n) is 11.1. The van der Waals surface area contributed by atoms with Crippen LogP contribution in [0, 0.1) is 5.92 Å². The summed E-state index contributed by atoms with van der Waals surface area (Å²) in [4.78, 5) is 4.48. The number of nitrogens with one attached hydrogen (secondary N) is 1. The number of fused-ring (bicyclic) bond motifs is 1. The number of rotatable bonds is 4. The summed E-state index contributed by atoms with van der Waals surface area (Å²) in [5, 5.41) is 7.85. The van der Waals surface area contributed by atoms with Gasteiger partial charge in [0.05, 0.1) is 0 Å². The van der Waals surface area contributed by atoms with Gasteiger partial charge in [-0.2, -0.15) is 4.98 Å². The van der Waals surface area contributed by atoms with Crippen molar-refractivity contribution in [3.05, 3.63) is 24.4 Å². The summed E-state index contributed by atoms with van der Waals surface area (Å²) < 4.78 is 1.79. The molecule has 3 N–H and O–H groups in total. The number of hydrogen-bond donors (Lipinski definition) is 2. The highest BCUT2D eigenvalue weighted by atomic mass is 15.3. The maximum atomic E-state index is 5.92. The minimum atomic E-state index is 0.290. The Hall–Kier alpha value is -1.62. The number of anilines is 1. The van der Waals surface area contributed by atoms with Gasteiger partial charge in [-0.3, -0.25) is 0 Å². The molecule has 0 spiro atoms. The third-order valence-corrected chi connectivity index (χ3v) is 4.03. The SMILES string of the molecule is NCC(Nc1nc2ccccn2n1)C1CCCCC1. The van der Waals surface area contributed by atoms with Crippen molar-refractivity contribution in [3.63, 3.8) is 0 Å². The van der Waals surface area contributed by atoms with Crippen molar-refractivity contribution in [1.29, 1.82) is 0 Å². The lowest BCUT2D eigenvalue weighted by atomic mass is 9.84. The van der Waals surface area contributed by atoms with Crippen LogP contribution in [0.25, 0.3) is 5.65 Å². The van der Waals surface area contributed by atoms with Gasteiger partial charge in [0.25, 0.3) is 0 Å². The first kappa shape index (κ1) is 12.4. The fourth-order valence-corrected chi connectivity index (χ4v) is 2.96. The van der Waals surface area contributed by atoms with Gasteiger partial charge >= 0.3 is 0 Å². The number of pyridine rings is 1. The first-order chi connectivity index (χ1) is 9.36. The van der Waals surface area contributed by atoms with E-state index >= 15 is 0 Å². The molecule has 102 valence electrons. The highest BCUT2D eigenvalue weighted by Crippen LogP contribution is 2.27. The molecule has 3 rings (SSSR count). The Bertz CT molecular complexity index is 496. The summed E-state index contributed by atoms with van der Waals surface area (Å²) in [6.07, 6.45) is 8.44. The van der Waals surface area contributed by atoms with Gasteiger partial charge in [-0.05, 0) is 30.9 Å². The van der Waals surface area contributed by atoms with E-state index in [0.29, 0.717) is 18.4 Å². The second-order valence-electron chi connectivity index (χ2n) is 5.32. The Kier molecular flexibility index (Phi) is 3.64. The van der Waals surface area contributed by atoms with Crippen molar-refractivity contribution < 1.29 is 0 Å². The highest BCUT2D eigenvalue weighted by molar-refractivity contribution is 5.43. The lowest BCUT2D eigenvalue weighted by molar-refractivity contribution is 0.320. The Morgan fingerprint density at radius 3 is 2.89 bits per heavy atom. The summed E-state index contributed by atoms with van der Waals surface area (Å²) in [7, 11) is 0. The van der Waals surface area contributed by atoms with Gasteiger partial charge in [0.15, 0.2) is 5.65 Å². The second-order valence-corrected chi connectivity index (χ2v) is 5.32. The van der Waals surface area contributed by atoms with Gasteiger partial charge in [0.1, 0.15) is 0 Å². The maximum Gasteiger partial charge on any atom is 0.243 e. The van der Waals surface area contributed by atoms with E-state index in [1.165, 1.54) is 32.1 Å². The third-order valence-electron chi connectivity index (χ3n) is 4.03. The molecular weight excluding hydrogens is 238 g/mol. The summed E-state index contributed by atoms with van der Waals surface area (Å²) in [6, 6.07) is 6.16. The van der Waals surface area contributed by atoms with Crippen LogP contribution < -0.4 is 11.1 Å². The minimum absolute atomic E-state index is 0.290. The fourth-order valence-electron chi connectivity index (χ4n) is 2.96. The second kappa shape index (κ2) is 5.57. The van der Waals surface area contributed by atoms with Crippen LogP contribution >= 0.6 is 0 Å². The zero-order valence-corrected chi connectivity index (χ0v) is 11.1. The molecule has 5 nitrogen and oxygen atoms in total. The van der Waals surface area contributed by atoms with Gasteiger partial charge in [0, 0.05) is 18.8 Å². The van der Waals surface area contributed by atoms with E-state index in [9.17, 15) is 0 Å². The standard InChI is InChI=1S/C14H21N5/c15-10-12(11-6-2-1-3-7-11)16-14-17-13-8-4-5-9-19(13)18-14/h4-5,8-9,11-12H,1-3,6-7,10,15H2,(H,16,18). The minimum Gasteiger partial charge on any atom is -0.349 e. The average Bonchev–Trinajstić information content (AvgIpc) is 2.88. The van der Waals surface area contributed by atoms with Crippen molar-refractivity contribution in [2.75, 3.05) is 11.9 Å². The summed E-state index contributed by atoms with van der Waals surface area (Å²) in [6.45, 7) is 0.639. The van der Waals surface area contributed by atoms with Crippen LogP contribution in [0.15, 0.2) is 24.4 Å². The van der Waals surface area contributed by atoms with Crippen molar-refractivity contribution in [3.8, 4) is 0 Å². The predicted molar refractivity (Wildman–Crippen MR) is 76.0 cm³/mol. The smallest absolute Gasteiger partial charge is 0.243 e. The molecule has 1 aliphatic carbocycles. The van der Waals surface area contributed by atoms with Crippen LogP contribution in [0.1, 0.15) is 32.1 Å². The molecule has 2 aromatic rings. The first-order valence-corrected chi connectivity index (χ1v) is 7.15. The zero-order chi connectivity index (χ0) is 13.1. The van der Waals surface area contributed by atoms with E-state index in [-0.39, 0.29) is 6.04 Å². The molecule has 0 aliphatic heterocycles. The number of aromatic nitrogens is 3. The molecule has 0 saturated heterocycles. The topological polar surface area (TPSA) is 68.2 Å². The Labute approximate surface area is 113 Å². The van der Waals surface area contributed by atoms with Crippen molar-refractivity contribution in [1.82, 2.24) is 14.6 Å². The molecular formula is C14H21N5. The lowest BCUT2D eigenvalue weighted by Gasteiger charge is -2.29.